The summed E-state index contributed by atoms with van der Waals surface area (Å²) in [6, 6.07) is 25.4. The van der Waals surface area contributed by atoms with Crippen molar-refractivity contribution in [2.24, 2.45) is 4.99 Å². The Bertz CT molecular complexity index is 2060. The monoisotopic (exact) mass is 597 g/mol. The molecule has 10 heteroatoms. The van der Waals surface area contributed by atoms with Crippen LogP contribution in [0.2, 0.25) is 5.02 Å². The smallest absolute Gasteiger partial charge is 0.271 e. The predicted octanol–water partition coefficient (Wildman–Crippen LogP) is 6.62. The molecule has 7 nitrogen and oxygen atoms in total. The Kier molecular flexibility index (Phi) is 6.50. The first-order chi connectivity index (χ1) is 19.9. The molecule has 0 amide bonds. The van der Waals surface area contributed by atoms with Crippen LogP contribution in [-0.4, -0.2) is 9.49 Å². The number of fused-ring (bicyclic) bond motifs is 3. The molecule has 0 spiro atoms. The molecule has 0 fully saturated rings. The number of benzene rings is 3. The van der Waals surface area contributed by atoms with Crippen LogP contribution >= 0.6 is 34.7 Å². The molecule has 7 rings (SSSR count). The molecule has 41 heavy (non-hydrogen) atoms. The number of hydrogen-bond acceptors (Lipinski definition) is 7. The Morgan fingerprint density at radius 3 is 2.71 bits per heavy atom. The zero-order valence-electron chi connectivity index (χ0n) is 21.3. The lowest BCUT2D eigenvalue weighted by Gasteiger charge is -2.30. The number of rotatable bonds is 5. The van der Waals surface area contributed by atoms with Gasteiger partial charge in [-0.25, -0.2) is 4.99 Å². The van der Waals surface area contributed by atoms with Gasteiger partial charge in [0, 0.05) is 33.7 Å². The summed E-state index contributed by atoms with van der Waals surface area (Å²) in [6.45, 7) is 0. The number of aromatic nitrogens is 1. The van der Waals surface area contributed by atoms with E-state index in [2.05, 4.69) is 12.1 Å². The zero-order chi connectivity index (χ0) is 28.1. The Balaban J connectivity index is 1.36. The van der Waals surface area contributed by atoms with Gasteiger partial charge in [0.2, 0.25) is 0 Å². The fraction of sp³-hybridized carbons (Fsp3) is 0.0968. The standard InChI is InChI=1S/C31H20ClN3O4S2/c32-20-9-12-23(13-10-20)40-27-15-11-22(39-27)17-26-30(36)34-29(19-5-3-6-21(16-19)35(37)38)25-14-8-18-4-1-2-7-24(18)28(25)33-31(34)41-26/h1-7,9-13,15-17,29H,8,14H2/b26-17-/t29-/m0/s1. The van der Waals surface area contributed by atoms with E-state index in [9.17, 15) is 14.9 Å². The molecule has 2 aromatic heterocycles. The van der Waals surface area contributed by atoms with Gasteiger partial charge in [0.1, 0.15) is 5.76 Å². The summed E-state index contributed by atoms with van der Waals surface area (Å²) in [7, 11) is 0. The fourth-order valence-corrected chi connectivity index (χ4v) is 7.23. The normalized spacial score (nSPS) is 16.1. The molecule has 2 aliphatic rings. The third-order valence-electron chi connectivity index (χ3n) is 7.18. The summed E-state index contributed by atoms with van der Waals surface area (Å²) >= 11 is 8.75. The number of furan rings is 1. The van der Waals surface area contributed by atoms with Gasteiger partial charge in [-0.1, -0.05) is 71.1 Å². The van der Waals surface area contributed by atoms with E-state index >= 15 is 0 Å². The molecule has 1 aliphatic carbocycles. The van der Waals surface area contributed by atoms with Crippen LogP contribution in [0.3, 0.4) is 0 Å². The van der Waals surface area contributed by atoms with Crippen molar-refractivity contribution in [2.75, 3.05) is 0 Å². The first-order valence-electron chi connectivity index (χ1n) is 12.9. The van der Waals surface area contributed by atoms with Crippen molar-refractivity contribution in [1.82, 2.24) is 4.57 Å². The third-order valence-corrected chi connectivity index (χ3v) is 9.34. The summed E-state index contributed by atoms with van der Waals surface area (Å²) in [5.74, 6) is 0.549. The maximum atomic E-state index is 13.9. The molecule has 0 radical (unpaired) electrons. The second-order valence-corrected chi connectivity index (χ2v) is 12.2. The zero-order valence-corrected chi connectivity index (χ0v) is 23.7. The Morgan fingerprint density at radius 1 is 1.05 bits per heavy atom. The van der Waals surface area contributed by atoms with Crippen molar-refractivity contribution >= 4 is 52.2 Å². The van der Waals surface area contributed by atoms with E-state index in [1.54, 1.807) is 22.8 Å². The molecule has 3 aromatic carbocycles. The van der Waals surface area contributed by atoms with Crippen LogP contribution in [0, 0.1) is 10.1 Å². The van der Waals surface area contributed by atoms with Crippen molar-refractivity contribution < 1.29 is 9.34 Å². The number of nitrogens with zero attached hydrogens (tertiary/aromatic N) is 3. The molecular formula is C31H20ClN3O4S2. The van der Waals surface area contributed by atoms with E-state index in [0.29, 0.717) is 37.2 Å². The molecule has 202 valence electrons. The Hall–Kier alpha value is -4.18. The second-order valence-electron chi connectivity index (χ2n) is 9.68. The Morgan fingerprint density at radius 2 is 1.88 bits per heavy atom. The number of thiazole rings is 1. The predicted molar refractivity (Wildman–Crippen MR) is 160 cm³/mol. The molecular weight excluding hydrogens is 578 g/mol. The third kappa shape index (κ3) is 4.76. The van der Waals surface area contributed by atoms with E-state index in [4.69, 9.17) is 21.0 Å². The maximum absolute atomic E-state index is 13.9. The van der Waals surface area contributed by atoms with Gasteiger partial charge in [-0.3, -0.25) is 19.5 Å². The van der Waals surface area contributed by atoms with Crippen LogP contribution < -0.4 is 14.9 Å². The SMILES string of the molecule is O=c1/c(=C/c2ccc(Sc3ccc(Cl)cc3)o2)sc2n1[C@@H](c1cccc([N+](=O)[O-])c1)C1=C(N=2)c2ccccc2CC1. The molecule has 1 atom stereocenters. The number of aryl methyl sites for hydroxylation is 1. The number of non-ortho nitro benzene ring substituents is 1. The molecule has 0 bridgehead atoms. The van der Waals surface area contributed by atoms with Crippen molar-refractivity contribution in [3.05, 3.63) is 148 Å². The highest BCUT2D eigenvalue weighted by molar-refractivity contribution is 7.99. The van der Waals surface area contributed by atoms with E-state index in [0.717, 1.165) is 28.1 Å². The highest BCUT2D eigenvalue weighted by atomic mass is 35.5. The summed E-state index contributed by atoms with van der Waals surface area (Å²) < 4.78 is 8.17. The van der Waals surface area contributed by atoms with Gasteiger partial charge < -0.3 is 4.42 Å². The summed E-state index contributed by atoms with van der Waals surface area (Å²) in [4.78, 5) is 31.7. The topological polar surface area (TPSA) is 90.6 Å². The molecule has 0 N–H and O–H groups in total. The molecule has 0 saturated heterocycles. The summed E-state index contributed by atoms with van der Waals surface area (Å²) in [6.07, 6.45) is 3.24. The van der Waals surface area contributed by atoms with Crippen LogP contribution in [-0.2, 0) is 6.42 Å². The van der Waals surface area contributed by atoms with Gasteiger partial charge in [-0.15, -0.1) is 0 Å². The molecule has 3 heterocycles. The highest BCUT2D eigenvalue weighted by Crippen LogP contribution is 2.41. The van der Waals surface area contributed by atoms with Crippen molar-refractivity contribution in [2.45, 2.75) is 28.9 Å². The summed E-state index contributed by atoms with van der Waals surface area (Å²) in [5, 5.41) is 13.0. The lowest BCUT2D eigenvalue weighted by atomic mass is 9.83. The van der Waals surface area contributed by atoms with Crippen molar-refractivity contribution in [3.63, 3.8) is 0 Å². The molecule has 1 aliphatic heterocycles. The summed E-state index contributed by atoms with van der Waals surface area (Å²) in [5.41, 5.74) is 4.54. The minimum Gasteiger partial charge on any atom is -0.450 e. The van der Waals surface area contributed by atoms with Crippen LogP contribution in [0.5, 0.6) is 0 Å². The minimum absolute atomic E-state index is 0.0127. The number of nitro benzene ring substituents is 1. The highest BCUT2D eigenvalue weighted by Gasteiger charge is 2.33. The minimum atomic E-state index is -0.496. The van der Waals surface area contributed by atoms with Gasteiger partial charge in [-0.05, 0) is 65.9 Å². The molecule has 0 saturated carbocycles. The average Bonchev–Trinajstić information content (AvgIpc) is 3.56. The first kappa shape index (κ1) is 25.8. The van der Waals surface area contributed by atoms with Crippen LogP contribution in [0.25, 0.3) is 11.8 Å². The maximum Gasteiger partial charge on any atom is 0.271 e. The van der Waals surface area contributed by atoms with Crippen LogP contribution in [0.15, 0.2) is 115 Å². The van der Waals surface area contributed by atoms with E-state index in [1.165, 1.54) is 34.7 Å². The van der Waals surface area contributed by atoms with Gasteiger partial charge in [0.15, 0.2) is 9.89 Å². The average molecular weight is 598 g/mol. The second kappa shape index (κ2) is 10.3. The van der Waals surface area contributed by atoms with Gasteiger partial charge in [0.05, 0.1) is 21.2 Å². The van der Waals surface area contributed by atoms with Gasteiger partial charge in [-0.2, -0.15) is 0 Å². The van der Waals surface area contributed by atoms with E-state index in [1.807, 2.05) is 54.6 Å². The molecule has 0 unspecified atom stereocenters. The lowest BCUT2D eigenvalue weighted by molar-refractivity contribution is -0.384. The number of halogens is 1. The number of allylic oxidation sites excluding steroid dienone is 1. The van der Waals surface area contributed by atoms with Crippen LogP contribution in [0.1, 0.15) is 34.9 Å². The Labute approximate surface area is 246 Å². The number of nitro groups is 1. The van der Waals surface area contributed by atoms with Crippen molar-refractivity contribution in [1.29, 1.82) is 0 Å². The quantitative estimate of drug-likeness (QED) is 0.168. The first-order valence-corrected chi connectivity index (χ1v) is 14.9. The number of hydrogen-bond donors (Lipinski definition) is 0. The lowest BCUT2D eigenvalue weighted by Crippen LogP contribution is -2.38. The van der Waals surface area contributed by atoms with Crippen molar-refractivity contribution in [3.8, 4) is 0 Å². The fourth-order valence-electron chi connectivity index (χ4n) is 5.35. The van der Waals surface area contributed by atoms with E-state index in [-0.39, 0.29) is 11.2 Å². The van der Waals surface area contributed by atoms with E-state index < -0.39 is 11.0 Å². The van der Waals surface area contributed by atoms with Crippen LogP contribution in [0.4, 0.5) is 5.69 Å². The molecule has 5 aromatic rings. The largest absolute Gasteiger partial charge is 0.450 e. The van der Waals surface area contributed by atoms with Gasteiger partial charge >= 0.3 is 0 Å². The van der Waals surface area contributed by atoms with Gasteiger partial charge in [0.25, 0.3) is 11.2 Å².